The predicted octanol–water partition coefficient (Wildman–Crippen LogP) is 3.23. The van der Waals surface area contributed by atoms with Gasteiger partial charge in [0.15, 0.2) is 0 Å². The molecule has 0 saturated heterocycles. The van der Waals surface area contributed by atoms with Crippen LogP contribution in [-0.4, -0.2) is 18.1 Å². The molecule has 108 valence electrons. The Morgan fingerprint density at radius 2 is 1.42 bits per heavy atom. The van der Waals surface area contributed by atoms with E-state index in [1.54, 1.807) is 6.07 Å². The van der Waals surface area contributed by atoms with Crippen LogP contribution in [0, 0.1) is 0 Å². The topological polar surface area (TPSA) is 74.6 Å². The Morgan fingerprint density at radius 3 is 1.74 bits per heavy atom. The zero-order valence-electron chi connectivity index (χ0n) is 12.3. The lowest BCUT2D eigenvalue weighted by molar-refractivity contribution is 0.420. The summed E-state index contributed by atoms with van der Waals surface area (Å²) in [5, 5.41) is 10.1. The van der Waals surface area contributed by atoms with E-state index in [4.69, 9.17) is 0 Å². The minimum absolute atomic E-state index is 0.285. The number of phenolic OH excluding ortho intramolecular Hbond substituents is 1. The highest BCUT2D eigenvalue weighted by Gasteiger charge is 2.28. The van der Waals surface area contributed by atoms with Crippen molar-refractivity contribution in [3.8, 4) is 5.75 Å². The van der Waals surface area contributed by atoms with Crippen molar-refractivity contribution < 1.29 is 18.1 Å². The SMILES string of the molecule is CC(C)(C)c1cc(C(C)(C)C)c(O)c(S(=O)(=O)O)c1. The molecule has 0 aromatic heterocycles. The fraction of sp³-hybridized carbons (Fsp3) is 0.571. The standard InChI is InChI=1S/C14H22O4S/c1-13(2,3)9-7-10(14(4,5)6)12(15)11(8-9)19(16,17)18/h7-8,15H,1-6H3,(H,16,17,18). The Labute approximate surface area is 115 Å². The second-order valence-electron chi connectivity index (χ2n) is 6.85. The summed E-state index contributed by atoms with van der Waals surface area (Å²) >= 11 is 0. The van der Waals surface area contributed by atoms with E-state index in [2.05, 4.69) is 0 Å². The smallest absolute Gasteiger partial charge is 0.298 e. The van der Waals surface area contributed by atoms with Crippen LogP contribution in [0.5, 0.6) is 5.75 Å². The summed E-state index contributed by atoms with van der Waals surface area (Å²) in [4.78, 5) is -0.426. The summed E-state index contributed by atoms with van der Waals surface area (Å²) in [5.74, 6) is -0.372. The van der Waals surface area contributed by atoms with Gasteiger partial charge in [0.1, 0.15) is 10.6 Å². The Kier molecular flexibility index (Phi) is 3.78. The van der Waals surface area contributed by atoms with Gasteiger partial charge in [0.05, 0.1) is 0 Å². The second kappa shape index (κ2) is 4.49. The van der Waals surface area contributed by atoms with Crippen LogP contribution in [0.3, 0.4) is 0 Å². The van der Waals surface area contributed by atoms with Gasteiger partial charge in [0.25, 0.3) is 10.1 Å². The van der Waals surface area contributed by atoms with Gasteiger partial charge < -0.3 is 5.11 Å². The molecule has 0 amide bonds. The highest BCUT2D eigenvalue weighted by Crippen LogP contribution is 2.39. The maximum atomic E-state index is 11.4. The van der Waals surface area contributed by atoms with E-state index in [-0.39, 0.29) is 11.2 Å². The van der Waals surface area contributed by atoms with E-state index in [9.17, 15) is 18.1 Å². The van der Waals surface area contributed by atoms with Crippen molar-refractivity contribution in [2.45, 2.75) is 57.3 Å². The van der Waals surface area contributed by atoms with Crippen LogP contribution < -0.4 is 0 Å². The van der Waals surface area contributed by atoms with Crippen LogP contribution in [-0.2, 0) is 20.9 Å². The van der Waals surface area contributed by atoms with Crippen LogP contribution in [0.15, 0.2) is 17.0 Å². The molecular formula is C14H22O4S. The summed E-state index contributed by atoms with van der Waals surface area (Å²) in [5.41, 5.74) is 0.549. The number of rotatable bonds is 1. The summed E-state index contributed by atoms with van der Waals surface area (Å²) in [6, 6.07) is 3.13. The van der Waals surface area contributed by atoms with E-state index in [0.29, 0.717) is 5.56 Å². The zero-order chi connectivity index (χ0) is 15.2. The Hall–Kier alpha value is -1.07. The third-order valence-corrected chi connectivity index (χ3v) is 3.89. The lowest BCUT2D eigenvalue weighted by atomic mass is 9.80. The van der Waals surface area contributed by atoms with Crippen molar-refractivity contribution in [1.82, 2.24) is 0 Å². The minimum Gasteiger partial charge on any atom is -0.506 e. The van der Waals surface area contributed by atoms with Crippen molar-refractivity contribution in [3.63, 3.8) is 0 Å². The summed E-state index contributed by atoms with van der Waals surface area (Å²) in [7, 11) is -4.45. The fourth-order valence-corrected chi connectivity index (χ4v) is 2.44. The predicted molar refractivity (Wildman–Crippen MR) is 75.3 cm³/mol. The van der Waals surface area contributed by atoms with E-state index in [1.807, 2.05) is 41.5 Å². The largest absolute Gasteiger partial charge is 0.506 e. The third-order valence-electron chi connectivity index (χ3n) is 3.03. The average Bonchev–Trinajstić information content (AvgIpc) is 2.11. The lowest BCUT2D eigenvalue weighted by Gasteiger charge is -2.26. The van der Waals surface area contributed by atoms with E-state index < -0.39 is 20.4 Å². The van der Waals surface area contributed by atoms with Gasteiger partial charge in [-0.2, -0.15) is 8.42 Å². The van der Waals surface area contributed by atoms with Gasteiger partial charge in [0.2, 0.25) is 0 Å². The van der Waals surface area contributed by atoms with Crippen LogP contribution in [0.4, 0.5) is 0 Å². The maximum Gasteiger partial charge on any atom is 0.298 e. The van der Waals surface area contributed by atoms with Gasteiger partial charge in [-0.1, -0.05) is 47.6 Å². The van der Waals surface area contributed by atoms with Crippen molar-refractivity contribution in [2.24, 2.45) is 0 Å². The maximum absolute atomic E-state index is 11.4. The highest BCUT2D eigenvalue weighted by molar-refractivity contribution is 7.86. The molecule has 0 aliphatic heterocycles. The minimum atomic E-state index is -4.45. The van der Waals surface area contributed by atoms with Crippen LogP contribution in [0.1, 0.15) is 52.7 Å². The van der Waals surface area contributed by atoms with Crippen LogP contribution in [0.25, 0.3) is 0 Å². The Morgan fingerprint density at radius 1 is 0.947 bits per heavy atom. The molecule has 5 heteroatoms. The molecule has 1 aromatic rings. The molecule has 0 aliphatic rings. The van der Waals surface area contributed by atoms with Crippen LogP contribution in [0.2, 0.25) is 0 Å². The summed E-state index contributed by atoms with van der Waals surface area (Å²) in [6.45, 7) is 11.5. The normalized spacial score (nSPS) is 13.6. The molecule has 0 unspecified atom stereocenters. The molecule has 19 heavy (non-hydrogen) atoms. The first kappa shape index (κ1) is 16.0. The van der Waals surface area contributed by atoms with Gasteiger partial charge in [-0.15, -0.1) is 0 Å². The highest BCUT2D eigenvalue weighted by atomic mass is 32.2. The van der Waals surface area contributed by atoms with Gasteiger partial charge in [-0.05, 0) is 22.5 Å². The van der Waals surface area contributed by atoms with Crippen molar-refractivity contribution in [1.29, 1.82) is 0 Å². The molecule has 0 atom stereocenters. The first-order chi connectivity index (χ1) is 8.24. The number of hydrogen-bond acceptors (Lipinski definition) is 3. The summed E-state index contributed by atoms with van der Waals surface area (Å²) < 4.78 is 32.1. The van der Waals surface area contributed by atoms with Gasteiger partial charge >= 0.3 is 0 Å². The van der Waals surface area contributed by atoms with Gasteiger partial charge in [0, 0.05) is 5.56 Å². The van der Waals surface area contributed by atoms with Crippen molar-refractivity contribution in [2.75, 3.05) is 0 Å². The molecule has 0 radical (unpaired) electrons. The molecule has 0 heterocycles. The Balaban J connectivity index is 3.78. The summed E-state index contributed by atoms with van der Waals surface area (Å²) in [6.07, 6.45) is 0. The third kappa shape index (κ3) is 3.48. The number of benzene rings is 1. The number of phenols is 1. The fourth-order valence-electron chi connectivity index (χ4n) is 1.81. The molecule has 0 saturated carbocycles. The lowest BCUT2D eigenvalue weighted by Crippen LogP contribution is -2.18. The molecule has 0 fully saturated rings. The molecule has 4 nitrogen and oxygen atoms in total. The molecule has 1 rings (SSSR count). The molecule has 0 spiro atoms. The molecular weight excluding hydrogens is 264 g/mol. The molecule has 0 bridgehead atoms. The second-order valence-corrected chi connectivity index (χ2v) is 8.24. The monoisotopic (exact) mass is 286 g/mol. The van der Waals surface area contributed by atoms with Crippen LogP contribution >= 0.6 is 0 Å². The molecule has 1 aromatic carbocycles. The molecule has 2 N–H and O–H groups in total. The first-order valence-corrected chi connectivity index (χ1v) is 7.54. The Bertz CT molecular complexity index is 587. The van der Waals surface area contributed by atoms with Crippen molar-refractivity contribution >= 4 is 10.1 Å². The van der Waals surface area contributed by atoms with E-state index in [0.717, 1.165) is 5.56 Å². The van der Waals surface area contributed by atoms with Crippen molar-refractivity contribution in [3.05, 3.63) is 23.3 Å². The van der Waals surface area contributed by atoms with Gasteiger partial charge in [-0.3, -0.25) is 4.55 Å². The zero-order valence-corrected chi connectivity index (χ0v) is 13.1. The van der Waals surface area contributed by atoms with E-state index >= 15 is 0 Å². The van der Waals surface area contributed by atoms with Gasteiger partial charge in [-0.25, -0.2) is 0 Å². The van der Waals surface area contributed by atoms with E-state index in [1.165, 1.54) is 6.07 Å². The first-order valence-electron chi connectivity index (χ1n) is 6.10. The quantitative estimate of drug-likeness (QED) is 0.777. The number of aromatic hydroxyl groups is 1. The number of hydrogen-bond donors (Lipinski definition) is 2. The average molecular weight is 286 g/mol. The molecule has 0 aliphatic carbocycles.